The third-order valence-electron chi connectivity index (χ3n) is 3.31. The molecule has 0 aliphatic carbocycles. The summed E-state index contributed by atoms with van der Waals surface area (Å²) in [4.78, 5) is 29.3. The van der Waals surface area contributed by atoms with Gasteiger partial charge in [-0.15, -0.1) is 0 Å². The number of piperazine rings is 1. The van der Waals surface area contributed by atoms with Crippen molar-refractivity contribution in [2.24, 2.45) is 0 Å². The maximum atomic E-state index is 12.3. The van der Waals surface area contributed by atoms with Crippen LogP contribution in [0.1, 0.15) is 0 Å². The quantitative estimate of drug-likeness (QED) is 0.614. The highest BCUT2D eigenvalue weighted by atomic mass is 16.5. The molecule has 0 saturated carbocycles. The van der Waals surface area contributed by atoms with Crippen LogP contribution in [-0.4, -0.2) is 100 Å². The molecule has 0 atom stereocenters. The Bertz CT molecular complexity index is 317. The number of carbonyl (C=O) groups is 2. The second-order valence-corrected chi connectivity index (χ2v) is 5.12. The van der Waals surface area contributed by atoms with E-state index in [0.29, 0.717) is 19.7 Å². The lowest BCUT2D eigenvalue weighted by atomic mass is 10.3. The first-order valence-corrected chi connectivity index (χ1v) is 6.94. The number of amides is 2. The van der Waals surface area contributed by atoms with Crippen LogP contribution in [0.15, 0.2) is 0 Å². The molecule has 7 nitrogen and oxygen atoms in total. The minimum absolute atomic E-state index is 0.0147. The SMILES string of the molecule is COCCN(CC(=O)N(C)C)C(=O)CN1CCNCC1. The van der Waals surface area contributed by atoms with Gasteiger partial charge in [-0.05, 0) is 0 Å². The highest BCUT2D eigenvalue weighted by Gasteiger charge is 2.21. The summed E-state index contributed by atoms with van der Waals surface area (Å²) in [5.41, 5.74) is 0. The number of carbonyl (C=O) groups excluding carboxylic acids is 2. The monoisotopic (exact) mass is 286 g/mol. The second kappa shape index (κ2) is 8.89. The van der Waals surface area contributed by atoms with Gasteiger partial charge in [-0.2, -0.15) is 0 Å². The molecule has 0 spiro atoms. The Balaban J connectivity index is 2.51. The van der Waals surface area contributed by atoms with Crippen LogP contribution >= 0.6 is 0 Å². The Kier molecular flexibility index (Phi) is 7.50. The molecular formula is C13H26N4O3. The van der Waals surface area contributed by atoms with Crippen molar-refractivity contribution in [3.8, 4) is 0 Å². The third kappa shape index (κ3) is 5.85. The lowest BCUT2D eigenvalue weighted by Crippen LogP contribution is -2.50. The number of likely N-dealkylation sites (N-methyl/N-ethyl adjacent to an activating group) is 1. The fourth-order valence-corrected chi connectivity index (χ4v) is 1.96. The summed E-state index contributed by atoms with van der Waals surface area (Å²) in [7, 11) is 4.97. The maximum absolute atomic E-state index is 12.3. The van der Waals surface area contributed by atoms with Gasteiger partial charge in [0.1, 0.15) is 0 Å². The van der Waals surface area contributed by atoms with E-state index >= 15 is 0 Å². The topological polar surface area (TPSA) is 65.1 Å². The molecule has 0 aromatic carbocycles. The van der Waals surface area contributed by atoms with Crippen LogP contribution in [0.25, 0.3) is 0 Å². The molecule has 1 N–H and O–H groups in total. The van der Waals surface area contributed by atoms with E-state index in [9.17, 15) is 9.59 Å². The molecule has 7 heteroatoms. The molecule has 1 aliphatic rings. The van der Waals surface area contributed by atoms with Crippen molar-refractivity contribution in [1.29, 1.82) is 0 Å². The van der Waals surface area contributed by atoms with Gasteiger partial charge in [0.05, 0.1) is 19.7 Å². The number of hydrogen-bond acceptors (Lipinski definition) is 5. The number of methoxy groups -OCH3 is 1. The Morgan fingerprint density at radius 2 is 1.85 bits per heavy atom. The van der Waals surface area contributed by atoms with E-state index in [1.807, 2.05) is 0 Å². The first kappa shape index (κ1) is 16.9. The summed E-state index contributed by atoms with van der Waals surface area (Å²) >= 11 is 0. The Morgan fingerprint density at radius 1 is 1.20 bits per heavy atom. The summed E-state index contributed by atoms with van der Waals surface area (Å²) in [6, 6.07) is 0. The molecule has 0 unspecified atom stereocenters. The summed E-state index contributed by atoms with van der Waals surface area (Å²) < 4.78 is 5.01. The average molecular weight is 286 g/mol. The number of hydrogen-bond donors (Lipinski definition) is 1. The fourth-order valence-electron chi connectivity index (χ4n) is 1.96. The predicted molar refractivity (Wildman–Crippen MR) is 76.5 cm³/mol. The largest absolute Gasteiger partial charge is 0.383 e. The van der Waals surface area contributed by atoms with Crippen molar-refractivity contribution in [1.82, 2.24) is 20.0 Å². The van der Waals surface area contributed by atoms with Gasteiger partial charge >= 0.3 is 0 Å². The van der Waals surface area contributed by atoms with Crippen LogP contribution in [-0.2, 0) is 14.3 Å². The van der Waals surface area contributed by atoms with E-state index in [1.54, 1.807) is 26.1 Å². The molecule has 0 aromatic heterocycles. The second-order valence-electron chi connectivity index (χ2n) is 5.12. The van der Waals surface area contributed by atoms with Crippen molar-refractivity contribution < 1.29 is 14.3 Å². The standard InChI is InChI=1S/C13H26N4O3/c1-15(2)12(18)11-17(8-9-20-3)13(19)10-16-6-4-14-5-7-16/h14H,4-11H2,1-3H3. The fraction of sp³-hybridized carbons (Fsp3) is 0.846. The number of nitrogens with zero attached hydrogens (tertiary/aromatic N) is 3. The zero-order chi connectivity index (χ0) is 15.0. The predicted octanol–water partition coefficient (Wildman–Crippen LogP) is -1.55. The zero-order valence-electron chi connectivity index (χ0n) is 12.7. The highest BCUT2D eigenvalue weighted by Crippen LogP contribution is 1.98. The van der Waals surface area contributed by atoms with Gasteiger partial charge in [-0.1, -0.05) is 0 Å². The van der Waals surface area contributed by atoms with Gasteiger partial charge in [0.15, 0.2) is 0 Å². The molecule has 1 rings (SSSR count). The third-order valence-corrected chi connectivity index (χ3v) is 3.31. The minimum atomic E-state index is -0.0743. The molecule has 0 aromatic rings. The van der Waals surface area contributed by atoms with Gasteiger partial charge in [0.2, 0.25) is 11.8 Å². The Morgan fingerprint density at radius 3 is 2.40 bits per heavy atom. The van der Waals surface area contributed by atoms with Gasteiger partial charge in [-0.25, -0.2) is 0 Å². The first-order valence-electron chi connectivity index (χ1n) is 6.94. The van der Waals surface area contributed by atoms with E-state index < -0.39 is 0 Å². The van der Waals surface area contributed by atoms with Crippen LogP contribution in [0.3, 0.4) is 0 Å². The molecule has 1 aliphatic heterocycles. The van der Waals surface area contributed by atoms with Crippen molar-refractivity contribution in [3.63, 3.8) is 0 Å². The molecule has 116 valence electrons. The molecule has 0 radical (unpaired) electrons. The molecule has 2 amide bonds. The Labute approximate surface area is 120 Å². The van der Waals surface area contributed by atoms with Crippen LogP contribution < -0.4 is 5.32 Å². The van der Waals surface area contributed by atoms with Gasteiger partial charge in [0, 0.05) is 53.9 Å². The van der Waals surface area contributed by atoms with Crippen LogP contribution in [0, 0.1) is 0 Å². The van der Waals surface area contributed by atoms with Crippen molar-refractivity contribution in [3.05, 3.63) is 0 Å². The van der Waals surface area contributed by atoms with Gasteiger partial charge in [0.25, 0.3) is 0 Å². The van der Waals surface area contributed by atoms with E-state index in [0.717, 1.165) is 26.2 Å². The molecule has 20 heavy (non-hydrogen) atoms. The molecule has 1 fully saturated rings. The summed E-state index contributed by atoms with van der Waals surface area (Å²) in [6.45, 7) is 4.91. The lowest BCUT2D eigenvalue weighted by molar-refractivity contribution is -0.140. The van der Waals surface area contributed by atoms with Crippen molar-refractivity contribution in [2.75, 3.05) is 73.6 Å². The van der Waals surface area contributed by atoms with E-state index in [4.69, 9.17) is 4.74 Å². The summed E-state index contributed by atoms with van der Waals surface area (Å²) in [6.07, 6.45) is 0. The molecule has 1 heterocycles. The summed E-state index contributed by atoms with van der Waals surface area (Å²) in [5.74, 6) is -0.0890. The highest BCUT2D eigenvalue weighted by molar-refractivity contribution is 5.85. The molecule has 1 saturated heterocycles. The first-order chi connectivity index (χ1) is 9.54. The van der Waals surface area contributed by atoms with Gasteiger partial charge in [-0.3, -0.25) is 14.5 Å². The van der Waals surface area contributed by atoms with Crippen molar-refractivity contribution >= 4 is 11.8 Å². The number of nitrogens with one attached hydrogen (secondary N) is 1. The number of ether oxygens (including phenoxy) is 1. The lowest BCUT2D eigenvalue weighted by Gasteiger charge is -2.30. The average Bonchev–Trinajstić information content (AvgIpc) is 2.43. The Hall–Kier alpha value is -1.18. The zero-order valence-corrected chi connectivity index (χ0v) is 12.7. The van der Waals surface area contributed by atoms with E-state index in [1.165, 1.54) is 4.90 Å². The van der Waals surface area contributed by atoms with E-state index in [-0.39, 0.29) is 18.4 Å². The van der Waals surface area contributed by atoms with Crippen LogP contribution in [0.4, 0.5) is 0 Å². The maximum Gasteiger partial charge on any atom is 0.241 e. The van der Waals surface area contributed by atoms with Crippen LogP contribution in [0.5, 0.6) is 0 Å². The van der Waals surface area contributed by atoms with Crippen LogP contribution in [0.2, 0.25) is 0 Å². The minimum Gasteiger partial charge on any atom is -0.383 e. The van der Waals surface area contributed by atoms with E-state index in [2.05, 4.69) is 10.2 Å². The number of rotatable bonds is 7. The van der Waals surface area contributed by atoms with Crippen molar-refractivity contribution in [2.45, 2.75) is 0 Å². The van der Waals surface area contributed by atoms with Gasteiger partial charge < -0.3 is 19.9 Å². The normalized spacial score (nSPS) is 15.9. The molecule has 0 bridgehead atoms. The summed E-state index contributed by atoms with van der Waals surface area (Å²) in [5, 5.41) is 3.25. The molecular weight excluding hydrogens is 260 g/mol. The smallest absolute Gasteiger partial charge is 0.241 e.